The smallest absolute Gasteiger partial charge is 0.278 e. The average Bonchev–Trinajstić information content (AvgIpc) is 3.86. The van der Waals surface area contributed by atoms with E-state index in [0.717, 1.165) is 73.8 Å². The molecular formula is C44H48N10O6. The fourth-order valence-corrected chi connectivity index (χ4v) is 8.42. The number of amides is 4. The number of nitrogens with zero attached hydrogens (tertiary/aromatic N) is 8. The maximum Gasteiger partial charge on any atom is 0.278 e. The van der Waals surface area contributed by atoms with Gasteiger partial charge in [-0.15, -0.1) is 6.58 Å². The van der Waals surface area contributed by atoms with E-state index >= 15 is 0 Å². The van der Waals surface area contributed by atoms with E-state index in [1.807, 2.05) is 44.2 Å². The molecule has 1 aliphatic carbocycles. The van der Waals surface area contributed by atoms with Crippen LogP contribution in [-0.2, 0) is 29.0 Å². The first-order chi connectivity index (χ1) is 29.2. The van der Waals surface area contributed by atoms with Crippen molar-refractivity contribution < 1.29 is 24.3 Å². The number of piperidine rings is 1. The number of nitrogens with one attached hydrogen (secondary N) is 2. The van der Waals surface area contributed by atoms with Gasteiger partial charge in [0, 0.05) is 50.2 Å². The fourth-order valence-electron chi connectivity index (χ4n) is 8.42. The summed E-state index contributed by atoms with van der Waals surface area (Å²) in [6.45, 7) is 12.3. The van der Waals surface area contributed by atoms with Gasteiger partial charge in [0.1, 0.15) is 11.4 Å². The molecule has 310 valence electrons. The van der Waals surface area contributed by atoms with Crippen molar-refractivity contribution in [2.75, 3.05) is 42.9 Å². The molecule has 6 heterocycles. The SMILES string of the molecule is C=CCn1c(=O)c2cnc(Nc3ccc(CCCN4CCN(c5ccc6c(c5)C(=O)N(C5CCC(=O)NC5=O)C6=O)CC4)cc3)nc2n1-c1ccc2c(n1)C(O)CC2.CC. The summed E-state index contributed by atoms with van der Waals surface area (Å²) in [7, 11) is 0. The number of fused-ring (bicyclic) bond motifs is 3. The Labute approximate surface area is 346 Å². The molecule has 16 heteroatoms. The minimum absolute atomic E-state index is 0.0839. The lowest BCUT2D eigenvalue weighted by atomic mass is 10.0. The number of aliphatic hydroxyl groups excluding tert-OH is 1. The van der Waals surface area contributed by atoms with Crippen LogP contribution in [0.3, 0.4) is 0 Å². The number of imide groups is 2. The zero-order valence-electron chi connectivity index (χ0n) is 33.8. The van der Waals surface area contributed by atoms with E-state index < -0.39 is 35.8 Å². The normalized spacial score (nSPS) is 18.9. The highest BCUT2D eigenvalue weighted by molar-refractivity contribution is 6.23. The van der Waals surface area contributed by atoms with Crippen LogP contribution in [0.5, 0.6) is 0 Å². The van der Waals surface area contributed by atoms with E-state index in [-0.39, 0.29) is 30.5 Å². The number of carbonyl (C=O) groups is 4. The van der Waals surface area contributed by atoms with Crippen LogP contribution in [0.4, 0.5) is 17.3 Å². The zero-order valence-corrected chi connectivity index (χ0v) is 33.8. The van der Waals surface area contributed by atoms with Crippen molar-refractivity contribution >= 4 is 52.0 Å². The van der Waals surface area contributed by atoms with E-state index in [0.29, 0.717) is 40.5 Å². The van der Waals surface area contributed by atoms with Gasteiger partial charge >= 0.3 is 0 Å². The second-order valence-electron chi connectivity index (χ2n) is 15.1. The van der Waals surface area contributed by atoms with Crippen molar-refractivity contribution in [3.63, 3.8) is 0 Å². The molecule has 0 bridgehead atoms. The molecule has 2 atom stereocenters. The van der Waals surface area contributed by atoms with Crippen LogP contribution < -0.4 is 21.1 Å². The summed E-state index contributed by atoms with van der Waals surface area (Å²) >= 11 is 0. The Morgan fingerprint density at radius 3 is 2.42 bits per heavy atom. The highest BCUT2D eigenvalue weighted by Gasteiger charge is 2.45. The monoisotopic (exact) mass is 812 g/mol. The number of aromatic nitrogens is 5. The van der Waals surface area contributed by atoms with Crippen molar-refractivity contribution in [1.29, 1.82) is 0 Å². The molecule has 0 saturated carbocycles. The Bertz CT molecular complexity index is 2560. The van der Waals surface area contributed by atoms with Crippen LogP contribution >= 0.6 is 0 Å². The molecule has 2 fully saturated rings. The first-order valence-corrected chi connectivity index (χ1v) is 20.6. The topological polar surface area (TPSA) is 188 Å². The maximum atomic E-state index is 13.4. The number of aliphatic hydroxyl groups is 1. The first-order valence-electron chi connectivity index (χ1n) is 20.6. The molecular weight excluding hydrogens is 765 g/mol. The minimum atomic E-state index is -0.982. The Balaban J connectivity index is 0.00000246. The maximum absolute atomic E-state index is 13.4. The molecule has 2 unspecified atom stereocenters. The van der Waals surface area contributed by atoms with E-state index in [1.165, 1.54) is 16.4 Å². The van der Waals surface area contributed by atoms with Crippen molar-refractivity contribution in [2.24, 2.45) is 0 Å². The molecule has 0 spiro atoms. The number of hydrogen-bond acceptors (Lipinski definition) is 12. The van der Waals surface area contributed by atoms with Crippen LogP contribution in [0.1, 0.15) is 83.2 Å². The third kappa shape index (κ3) is 7.59. The zero-order chi connectivity index (χ0) is 42.1. The summed E-state index contributed by atoms with van der Waals surface area (Å²) in [6, 6.07) is 16.2. The number of rotatable bonds is 11. The van der Waals surface area contributed by atoms with Crippen molar-refractivity contribution in [2.45, 2.75) is 71.1 Å². The summed E-state index contributed by atoms with van der Waals surface area (Å²) in [5.41, 5.74) is 5.21. The van der Waals surface area contributed by atoms with Gasteiger partial charge in [-0.1, -0.05) is 38.1 Å². The first kappa shape index (κ1) is 40.3. The standard InChI is InChI=1S/C42H42N10O6.C2H6/c1-2-17-50-39(56)31-24-43-42(47-37(31)52(50)34-15-8-26-7-14-33(53)36(26)45-34)44-27-9-5-25(6-10-27)4-3-18-48-19-21-49(22-20-48)28-11-12-29-30(23-28)41(58)51(40(29)57)32-13-16-35(54)46-38(32)55;1-2/h2,5-6,8-12,15,23-24,32-33,53H,1,3-4,7,13-14,16-22H2,(H,43,44,47)(H,46,54,55);1-2H3. The molecule has 5 aromatic rings. The number of hydrogen-bond donors (Lipinski definition) is 3. The molecule has 9 rings (SSSR count). The van der Waals surface area contributed by atoms with Gasteiger partial charge in [-0.3, -0.25) is 39.1 Å². The average molecular weight is 813 g/mol. The number of benzene rings is 2. The van der Waals surface area contributed by atoms with Gasteiger partial charge in [-0.25, -0.2) is 19.3 Å². The summed E-state index contributed by atoms with van der Waals surface area (Å²) in [4.78, 5) is 83.3. The van der Waals surface area contributed by atoms with Gasteiger partial charge in [0.25, 0.3) is 17.4 Å². The number of piperazine rings is 1. The predicted molar refractivity (Wildman–Crippen MR) is 226 cm³/mol. The van der Waals surface area contributed by atoms with E-state index in [9.17, 15) is 29.1 Å². The van der Waals surface area contributed by atoms with E-state index in [4.69, 9.17) is 9.97 Å². The van der Waals surface area contributed by atoms with Gasteiger partial charge in [0.05, 0.1) is 29.5 Å². The molecule has 3 aromatic heterocycles. The van der Waals surface area contributed by atoms with Crippen LogP contribution in [-0.4, -0.2) is 102 Å². The van der Waals surface area contributed by atoms with Crippen molar-refractivity contribution in [3.8, 4) is 5.82 Å². The quantitative estimate of drug-likeness (QED) is 0.128. The van der Waals surface area contributed by atoms with Gasteiger partial charge < -0.3 is 15.3 Å². The number of anilines is 3. The lowest BCUT2D eigenvalue weighted by molar-refractivity contribution is -0.136. The van der Waals surface area contributed by atoms with Gasteiger partial charge in [-0.2, -0.15) is 4.98 Å². The Morgan fingerprint density at radius 2 is 1.67 bits per heavy atom. The van der Waals surface area contributed by atoms with Gasteiger partial charge in [0.2, 0.25) is 17.8 Å². The molecule has 3 aliphatic heterocycles. The number of pyridine rings is 1. The van der Waals surface area contributed by atoms with Crippen LogP contribution in [0.25, 0.3) is 16.9 Å². The van der Waals surface area contributed by atoms with Crippen molar-refractivity contribution in [1.82, 2.24) is 39.4 Å². The highest BCUT2D eigenvalue weighted by Crippen LogP contribution is 2.32. The summed E-state index contributed by atoms with van der Waals surface area (Å²) < 4.78 is 3.18. The molecule has 0 radical (unpaired) electrons. The van der Waals surface area contributed by atoms with Gasteiger partial charge in [-0.05, 0) is 86.2 Å². The Kier molecular flexibility index (Phi) is 11.4. The second-order valence-corrected chi connectivity index (χ2v) is 15.1. The summed E-state index contributed by atoms with van der Waals surface area (Å²) in [5.74, 6) is -1.19. The molecule has 16 nitrogen and oxygen atoms in total. The Morgan fingerprint density at radius 1 is 0.900 bits per heavy atom. The third-order valence-electron chi connectivity index (χ3n) is 11.5. The fraction of sp³-hybridized carbons (Fsp3) is 0.364. The highest BCUT2D eigenvalue weighted by atomic mass is 16.3. The summed E-state index contributed by atoms with van der Waals surface area (Å²) in [6.07, 6.45) is 6.00. The van der Waals surface area contributed by atoms with Crippen LogP contribution in [0.15, 0.2) is 78.2 Å². The van der Waals surface area contributed by atoms with Crippen molar-refractivity contribution in [3.05, 3.63) is 112 Å². The number of carbonyl (C=O) groups excluding carboxylic acids is 4. The van der Waals surface area contributed by atoms with Crippen LogP contribution in [0.2, 0.25) is 0 Å². The lowest BCUT2D eigenvalue weighted by Gasteiger charge is -2.36. The molecule has 4 aliphatic rings. The van der Waals surface area contributed by atoms with Crippen LogP contribution in [0, 0.1) is 0 Å². The molecule has 4 amide bonds. The molecule has 2 aromatic carbocycles. The lowest BCUT2D eigenvalue weighted by Crippen LogP contribution is -2.54. The molecule has 3 N–H and O–H groups in total. The predicted octanol–water partition coefficient (Wildman–Crippen LogP) is 4.07. The Hall–Kier alpha value is -6.52. The third-order valence-corrected chi connectivity index (χ3v) is 11.5. The number of allylic oxidation sites excluding steroid dienone is 1. The largest absolute Gasteiger partial charge is 0.387 e. The van der Waals surface area contributed by atoms with Gasteiger partial charge in [0.15, 0.2) is 11.5 Å². The molecule has 2 saturated heterocycles. The second kappa shape index (κ2) is 17.0. The van der Waals surface area contributed by atoms with E-state index in [1.54, 1.807) is 22.9 Å². The summed E-state index contributed by atoms with van der Waals surface area (Å²) in [5, 5.41) is 16.3. The molecule has 60 heavy (non-hydrogen) atoms. The number of aryl methyl sites for hydroxylation is 2. The van der Waals surface area contributed by atoms with E-state index in [2.05, 4.69) is 44.1 Å². The minimum Gasteiger partial charge on any atom is -0.387 e.